The van der Waals surface area contributed by atoms with Crippen molar-refractivity contribution < 1.29 is 18.0 Å². The number of hydrogen-bond donors (Lipinski definition) is 2. The van der Waals surface area contributed by atoms with E-state index in [-0.39, 0.29) is 16.6 Å². The Morgan fingerprint density at radius 1 is 1.29 bits per heavy atom. The lowest BCUT2D eigenvalue weighted by Gasteiger charge is -2.08. The minimum absolute atomic E-state index is 0.0314. The number of nitrogens with two attached hydrogens (primary N) is 1. The van der Waals surface area contributed by atoms with Crippen LogP contribution in [0.2, 0.25) is 0 Å². The van der Waals surface area contributed by atoms with Gasteiger partial charge in [-0.25, -0.2) is 0 Å². The average Bonchev–Trinajstić information content (AvgIpc) is 2.58. The molecule has 1 heterocycles. The van der Waals surface area contributed by atoms with E-state index in [9.17, 15) is 18.0 Å². The highest BCUT2D eigenvalue weighted by Gasteiger charge is 2.33. The Hall–Kier alpha value is -1.98. The number of nitrogens with one attached hydrogen (secondary N) is 1. The fourth-order valence-electron chi connectivity index (χ4n) is 1.75. The topological polar surface area (TPSA) is 58.9 Å². The molecule has 0 spiro atoms. The van der Waals surface area contributed by atoms with E-state index in [1.807, 2.05) is 0 Å². The van der Waals surface area contributed by atoms with Crippen molar-refractivity contribution >= 4 is 16.8 Å². The summed E-state index contributed by atoms with van der Waals surface area (Å²) >= 11 is 0. The van der Waals surface area contributed by atoms with Crippen LogP contribution < -0.4 is 5.73 Å². The zero-order valence-electron chi connectivity index (χ0n) is 8.85. The molecular weight excluding hydrogens is 233 g/mol. The molecule has 90 valence electrons. The van der Waals surface area contributed by atoms with Crippen LogP contribution in [0.3, 0.4) is 0 Å². The lowest BCUT2D eigenvalue weighted by Crippen LogP contribution is -2.10. The number of primary amides is 1. The van der Waals surface area contributed by atoms with E-state index in [1.54, 1.807) is 6.92 Å². The zero-order chi connectivity index (χ0) is 12.8. The third-order valence-electron chi connectivity index (χ3n) is 2.45. The Morgan fingerprint density at radius 3 is 2.47 bits per heavy atom. The summed E-state index contributed by atoms with van der Waals surface area (Å²) in [6.45, 7) is 1.56. The molecule has 0 aliphatic heterocycles. The van der Waals surface area contributed by atoms with Crippen LogP contribution in [0.15, 0.2) is 18.2 Å². The highest BCUT2D eigenvalue weighted by molar-refractivity contribution is 5.98. The monoisotopic (exact) mass is 242 g/mol. The van der Waals surface area contributed by atoms with Crippen molar-refractivity contribution in [1.29, 1.82) is 0 Å². The first-order valence-electron chi connectivity index (χ1n) is 4.79. The summed E-state index contributed by atoms with van der Waals surface area (Å²) in [6.07, 6.45) is -4.46. The van der Waals surface area contributed by atoms with Crippen LogP contribution in [0.5, 0.6) is 0 Å². The molecule has 0 bridgehead atoms. The number of H-pyrrole nitrogens is 1. The van der Waals surface area contributed by atoms with E-state index in [2.05, 4.69) is 4.98 Å². The van der Waals surface area contributed by atoms with Gasteiger partial charge in [0.1, 0.15) is 5.69 Å². The van der Waals surface area contributed by atoms with Gasteiger partial charge in [0.25, 0.3) is 5.91 Å². The molecule has 1 aromatic carbocycles. The fourth-order valence-corrected chi connectivity index (χ4v) is 1.75. The van der Waals surface area contributed by atoms with Crippen molar-refractivity contribution in [2.24, 2.45) is 5.73 Å². The maximum Gasteiger partial charge on any atom is 0.417 e. The Labute approximate surface area is 94.4 Å². The van der Waals surface area contributed by atoms with Gasteiger partial charge in [-0.2, -0.15) is 13.2 Å². The van der Waals surface area contributed by atoms with E-state index in [0.29, 0.717) is 5.56 Å². The van der Waals surface area contributed by atoms with Crippen LogP contribution in [0, 0.1) is 6.92 Å². The van der Waals surface area contributed by atoms with Crippen molar-refractivity contribution in [3.8, 4) is 0 Å². The predicted molar refractivity (Wildman–Crippen MR) is 56.6 cm³/mol. The molecule has 2 rings (SSSR count). The van der Waals surface area contributed by atoms with Crippen molar-refractivity contribution in [3.63, 3.8) is 0 Å². The molecule has 1 amide bonds. The first-order valence-corrected chi connectivity index (χ1v) is 4.79. The van der Waals surface area contributed by atoms with Gasteiger partial charge >= 0.3 is 6.18 Å². The number of aromatic amines is 1. The van der Waals surface area contributed by atoms with Gasteiger partial charge in [0.15, 0.2) is 0 Å². The van der Waals surface area contributed by atoms with Gasteiger partial charge in [-0.3, -0.25) is 4.79 Å². The first-order chi connectivity index (χ1) is 7.79. The van der Waals surface area contributed by atoms with Crippen molar-refractivity contribution in [1.82, 2.24) is 4.98 Å². The summed E-state index contributed by atoms with van der Waals surface area (Å²) in [6, 6.07) is 3.71. The minimum Gasteiger partial charge on any atom is -0.364 e. The summed E-state index contributed by atoms with van der Waals surface area (Å²) in [7, 11) is 0. The number of fused-ring (bicyclic) bond motifs is 1. The Kier molecular flexibility index (Phi) is 2.38. The van der Waals surface area contributed by atoms with Crippen molar-refractivity contribution in [2.75, 3.05) is 0 Å². The number of aryl methyl sites for hydroxylation is 1. The highest BCUT2D eigenvalue weighted by Crippen LogP contribution is 2.35. The highest BCUT2D eigenvalue weighted by atomic mass is 19.4. The number of halogens is 3. The second-order valence-electron chi connectivity index (χ2n) is 3.82. The number of benzene rings is 1. The van der Waals surface area contributed by atoms with Crippen LogP contribution in [0.25, 0.3) is 10.9 Å². The third-order valence-corrected chi connectivity index (χ3v) is 2.45. The second-order valence-corrected chi connectivity index (χ2v) is 3.82. The molecule has 2 aromatic rings. The Bertz CT molecular complexity index is 599. The summed E-state index contributed by atoms with van der Waals surface area (Å²) in [4.78, 5) is 13.5. The largest absolute Gasteiger partial charge is 0.417 e. The van der Waals surface area contributed by atoms with E-state index in [0.717, 1.165) is 12.1 Å². The fraction of sp³-hybridized carbons (Fsp3) is 0.182. The Morgan fingerprint density at radius 2 is 1.94 bits per heavy atom. The first kappa shape index (κ1) is 11.5. The standard InChI is InChI=1S/C11H9F3N2O/c1-5-2-7(11(12,13)14)6-4-9(10(15)17)16-8(6)3-5/h2-4,16H,1H3,(H2,15,17). The van der Waals surface area contributed by atoms with Crippen LogP contribution in [0.1, 0.15) is 21.6 Å². The van der Waals surface area contributed by atoms with Crippen LogP contribution in [-0.4, -0.2) is 10.9 Å². The molecule has 6 heteroatoms. The number of carbonyl (C=O) groups excluding carboxylic acids is 1. The zero-order valence-corrected chi connectivity index (χ0v) is 8.85. The minimum atomic E-state index is -4.46. The molecule has 0 fully saturated rings. The van der Waals surface area contributed by atoms with Gasteiger partial charge in [-0.15, -0.1) is 0 Å². The number of aromatic nitrogens is 1. The van der Waals surface area contributed by atoms with E-state index >= 15 is 0 Å². The van der Waals surface area contributed by atoms with Crippen LogP contribution in [0.4, 0.5) is 13.2 Å². The molecule has 3 N–H and O–H groups in total. The van der Waals surface area contributed by atoms with Crippen molar-refractivity contribution in [2.45, 2.75) is 13.1 Å². The summed E-state index contributed by atoms with van der Waals surface area (Å²) < 4.78 is 38.3. The summed E-state index contributed by atoms with van der Waals surface area (Å²) in [5.41, 5.74) is 4.94. The van der Waals surface area contributed by atoms with Gasteiger partial charge in [0, 0.05) is 10.9 Å². The van der Waals surface area contributed by atoms with Gasteiger partial charge in [-0.1, -0.05) is 0 Å². The molecule has 0 saturated heterocycles. The summed E-state index contributed by atoms with van der Waals surface area (Å²) in [5.74, 6) is -0.785. The second kappa shape index (κ2) is 3.51. The molecule has 0 radical (unpaired) electrons. The molecule has 17 heavy (non-hydrogen) atoms. The molecule has 0 atom stereocenters. The average molecular weight is 242 g/mol. The van der Waals surface area contributed by atoms with E-state index < -0.39 is 17.6 Å². The number of rotatable bonds is 1. The van der Waals surface area contributed by atoms with Crippen molar-refractivity contribution in [3.05, 3.63) is 35.0 Å². The number of alkyl halides is 3. The number of amides is 1. The molecule has 3 nitrogen and oxygen atoms in total. The number of hydrogen-bond acceptors (Lipinski definition) is 1. The van der Waals surface area contributed by atoms with Gasteiger partial charge in [0.05, 0.1) is 5.56 Å². The van der Waals surface area contributed by atoms with Crippen LogP contribution >= 0.6 is 0 Å². The normalized spacial score (nSPS) is 12.0. The lowest BCUT2D eigenvalue weighted by molar-refractivity contribution is -0.136. The smallest absolute Gasteiger partial charge is 0.364 e. The summed E-state index contributed by atoms with van der Waals surface area (Å²) in [5, 5.41) is -0.0445. The molecule has 0 aliphatic carbocycles. The Balaban J connectivity index is 2.79. The van der Waals surface area contributed by atoms with Gasteiger partial charge in [0.2, 0.25) is 0 Å². The predicted octanol–water partition coefficient (Wildman–Crippen LogP) is 2.59. The SMILES string of the molecule is Cc1cc(C(F)(F)F)c2cc(C(N)=O)[nH]c2c1. The van der Waals surface area contributed by atoms with Gasteiger partial charge < -0.3 is 10.7 Å². The van der Waals surface area contributed by atoms with E-state index in [1.165, 1.54) is 6.07 Å². The quantitative estimate of drug-likeness (QED) is 0.793. The maximum absolute atomic E-state index is 12.8. The molecule has 0 saturated carbocycles. The van der Waals surface area contributed by atoms with Gasteiger partial charge in [-0.05, 0) is 30.7 Å². The number of carbonyl (C=O) groups is 1. The molecule has 0 aliphatic rings. The molecule has 1 aromatic heterocycles. The third kappa shape index (κ3) is 1.98. The van der Waals surface area contributed by atoms with Crippen LogP contribution in [-0.2, 0) is 6.18 Å². The lowest BCUT2D eigenvalue weighted by atomic mass is 10.1. The molecular formula is C11H9F3N2O. The van der Waals surface area contributed by atoms with E-state index in [4.69, 9.17) is 5.73 Å². The molecule has 0 unspecified atom stereocenters. The maximum atomic E-state index is 12.8.